The normalized spacial score (nSPS) is 16.2. The van der Waals surface area contributed by atoms with Crippen LogP contribution in [0.5, 0.6) is 0 Å². The van der Waals surface area contributed by atoms with E-state index in [1.807, 2.05) is 0 Å². The molecule has 0 amide bonds. The zero-order valence-electron chi connectivity index (χ0n) is 9.28. The number of hydrogen-bond donors (Lipinski definition) is 4. The lowest BCUT2D eigenvalue weighted by molar-refractivity contribution is -0.144. The first-order valence-corrected chi connectivity index (χ1v) is 5.11. The molecule has 0 spiro atoms. The Hall–Kier alpha value is -1.64. The summed E-state index contributed by atoms with van der Waals surface area (Å²) in [5.74, 6) is -1.23. The van der Waals surface area contributed by atoms with Crippen LogP contribution in [0.15, 0.2) is 12.7 Å². The molecule has 0 aromatic carbocycles. The molecule has 0 saturated heterocycles. The highest BCUT2D eigenvalue weighted by atomic mass is 16.4. The molecule has 0 bridgehead atoms. The molecule has 17 heavy (non-hydrogen) atoms. The minimum Gasteiger partial charge on any atom is -0.480 e. The van der Waals surface area contributed by atoms with E-state index >= 15 is 0 Å². The number of carbonyl (C=O) groups is 1. The Morgan fingerprint density at radius 2 is 2.06 bits per heavy atom. The SMILES string of the molecule is NCCC(N)CC(N)(C(=O)O)c1ncncn1. The van der Waals surface area contributed by atoms with E-state index in [4.69, 9.17) is 17.2 Å². The van der Waals surface area contributed by atoms with Crippen molar-refractivity contribution in [2.45, 2.75) is 24.4 Å². The third kappa shape index (κ3) is 3.16. The van der Waals surface area contributed by atoms with Crippen molar-refractivity contribution >= 4 is 5.97 Å². The monoisotopic (exact) mass is 240 g/mol. The largest absolute Gasteiger partial charge is 0.480 e. The third-order valence-electron chi connectivity index (χ3n) is 2.40. The van der Waals surface area contributed by atoms with Gasteiger partial charge in [0.25, 0.3) is 0 Å². The fourth-order valence-corrected chi connectivity index (χ4v) is 1.47. The Kier molecular flexibility index (Phi) is 4.44. The molecule has 8 nitrogen and oxygen atoms in total. The molecule has 0 fully saturated rings. The van der Waals surface area contributed by atoms with Gasteiger partial charge in [-0.2, -0.15) is 0 Å². The summed E-state index contributed by atoms with van der Waals surface area (Å²) in [7, 11) is 0. The van der Waals surface area contributed by atoms with Gasteiger partial charge < -0.3 is 22.3 Å². The van der Waals surface area contributed by atoms with Crippen LogP contribution >= 0.6 is 0 Å². The van der Waals surface area contributed by atoms with Crippen molar-refractivity contribution in [3.05, 3.63) is 18.5 Å². The molecule has 0 saturated carbocycles. The fraction of sp³-hybridized carbons (Fsp3) is 0.556. The van der Waals surface area contributed by atoms with Gasteiger partial charge in [0, 0.05) is 6.04 Å². The van der Waals surface area contributed by atoms with Gasteiger partial charge in [-0.15, -0.1) is 0 Å². The maximum absolute atomic E-state index is 11.2. The predicted octanol–water partition coefficient (Wildman–Crippen LogP) is -1.82. The van der Waals surface area contributed by atoms with Gasteiger partial charge in [-0.3, -0.25) is 0 Å². The van der Waals surface area contributed by atoms with Crippen LogP contribution < -0.4 is 17.2 Å². The van der Waals surface area contributed by atoms with E-state index in [1.165, 1.54) is 12.7 Å². The van der Waals surface area contributed by atoms with Crippen molar-refractivity contribution < 1.29 is 9.90 Å². The highest BCUT2D eigenvalue weighted by Gasteiger charge is 2.40. The predicted molar refractivity (Wildman–Crippen MR) is 59.6 cm³/mol. The summed E-state index contributed by atoms with van der Waals surface area (Å²) < 4.78 is 0. The van der Waals surface area contributed by atoms with Crippen molar-refractivity contribution in [1.29, 1.82) is 0 Å². The maximum atomic E-state index is 11.2. The highest BCUT2D eigenvalue weighted by Crippen LogP contribution is 2.20. The van der Waals surface area contributed by atoms with E-state index in [0.29, 0.717) is 13.0 Å². The molecule has 8 heteroatoms. The first-order valence-electron chi connectivity index (χ1n) is 5.11. The van der Waals surface area contributed by atoms with E-state index in [1.54, 1.807) is 0 Å². The number of nitrogens with zero attached hydrogens (tertiary/aromatic N) is 3. The van der Waals surface area contributed by atoms with Gasteiger partial charge in [0.1, 0.15) is 12.7 Å². The van der Waals surface area contributed by atoms with Crippen LogP contribution in [-0.2, 0) is 10.3 Å². The van der Waals surface area contributed by atoms with Crippen LogP contribution in [0.1, 0.15) is 18.7 Å². The summed E-state index contributed by atoms with van der Waals surface area (Å²) in [6.07, 6.45) is 2.89. The number of carboxylic acid groups (broad SMARTS) is 1. The molecule has 94 valence electrons. The number of aromatic nitrogens is 3. The first-order chi connectivity index (χ1) is 8.00. The van der Waals surface area contributed by atoms with Crippen LogP contribution in [0.4, 0.5) is 0 Å². The molecule has 1 heterocycles. The van der Waals surface area contributed by atoms with Crippen LogP contribution in [0, 0.1) is 0 Å². The van der Waals surface area contributed by atoms with Crippen molar-refractivity contribution in [3.8, 4) is 0 Å². The molecular weight excluding hydrogens is 224 g/mol. The van der Waals surface area contributed by atoms with Gasteiger partial charge in [-0.1, -0.05) is 0 Å². The van der Waals surface area contributed by atoms with Crippen LogP contribution in [-0.4, -0.2) is 38.6 Å². The molecule has 7 N–H and O–H groups in total. The summed E-state index contributed by atoms with van der Waals surface area (Å²) in [4.78, 5) is 22.4. The van der Waals surface area contributed by atoms with Crippen LogP contribution in [0.2, 0.25) is 0 Å². The summed E-state index contributed by atoms with van der Waals surface area (Å²) >= 11 is 0. The molecule has 2 unspecified atom stereocenters. The smallest absolute Gasteiger partial charge is 0.331 e. The zero-order chi connectivity index (χ0) is 12.9. The van der Waals surface area contributed by atoms with Gasteiger partial charge in [0.15, 0.2) is 11.4 Å². The average Bonchev–Trinajstić information content (AvgIpc) is 2.30. The molecule has 2 atom stereocenters. The van der Waals surface area contributed by atoms with E-state index in [-0.39, 0.29) is 12.2 Å². The van der Waals surface area contributed by atoms with Crippen LogP contribution in [0.3, 0.4) is 0 Å². The van der Waals surface area contributed by atoms with E-state index in [2.05, 4.69) is 15.0 Å². The Morgan fingerprint density at radius 1 is 1.47 bits per heavy atom. The Morgan fingerprint density at radius 3 is 2.53 bits per heavy atom. The standard InChI is InChI=1S/C9H16N6O2/c10-2-1-6(11)3-9(12,8(16)17)7-14-4-13-5-15-7/h4-6H,1-3,10-12H2,(H,16,17). The van der Waals surface area contributed by atoms with Gasteiger partial charge >= 0.3 is 5.97 Å². The van der Waals surface area contributed by atoms with Gasteiger partial charge in [0.2, 0.25) is 0 Å². The summed E-state index contributed by atoms with van der Waals surface area (Å²) in [6, 6.07) is -0.419. The number of aliphatic carboxylic acids is 1. The quantitative estimate of drug-likeness (QED) is 0.453. The Labute approximate surface area is 98.3 Å². The molecule has 0 aliphatic carbocycles. The fourth-order valence-electron chi connectivity index (χ4n) is 1.47. The molecule has 0 aliphatic rings. The van der Waals surface area contributed by atoms with Crippen molar-refractivity contribution in [2.75, 3.05) is 6.54 Å². The number of rotatable bonds is 6. The third-order valence-corrected chi connectivity index (χ3v) is 2.40. The average molecular weight is 240 g/mol. The molecule has 0 radical (unpaired) electrons. The Bertz CT molecular complexity index is 373. The minimum absolute atomic E-state index is 0.00697. The van der Waals surface area contributed by atoms with E-state index in [0.717, 1.165) is 0 Å². The lowest BCUT2D eigenvalue weighted by Crippen LogP contribution is -2.50. The molecule has 1 rings (SSSR count). The summed E-state index contributed by atoms with van der Waals surface area (Å²) in [5.41, 5.74) is 15.2. The first kappa shape index (κ1) is 13.4. The van der Waals surface area contributed by atoms with Crippen LogP contribution in [0.25, 0.3) is 0 Å². The number of nitrogens with two attached hydrogens (primary N) is 3. The minimum atomic E-state index is -1.71. The summed E-state index contributed by atoms with van der Waals surface area (Å²) in [5, 5.41) is 9.19. The lowest BCUT2D eigenvalue weighted by Gasteiger charge is -2.25. The lowest BCUT2D eigenvalue weighted by atomic mass is 9.90. The summed E-state index contributed by atoms with van der Waals surface area (Å²) in [6.45, 7) is 0.369. The molecule has 1 aromatic rings. The van der Waals surface area contributed by atoms with Gasteiger partial charge in [0.05, 0.1) is 0 Å². The van der Waals surface area contributed by atoms with E-state index < -0.39 is 17.6 Å². The van der Waals surface area contributed by atoms with Crippen molar-refractivity contribution in [2.24, 2.45) is 17.2 Å². The second kappa shape index (κ2) is 5.62. The van der Waals surface area contributed by atoms with Gasteiger partial charge in [-0.05, 0) is 19.4 Å². The number of hydrogen-bond acceptors (Lipinski definition) is 7. The molecule has 1 aromatic heterocycles. The Balaban J connectivity index is 2.94. The maximum Gasteiger partial charge on any atom is 0.331 e. The second-order valence-corrected chi connectivity index (χ2v) is 3.78. The van der Waals surface area contributed by atoms with Gasteiger partial charge in [-0.25, -0.2) is 19.7 Å². The topological polar surface area (TPSA) is 154 Å². The zero-order valence-corrected chi connectivity index (χ0v) is 9.28. The second-order valence-electron chi connectivity index (χ2n) is 3.78. The molecule has 0 aliphatic heterocycles. The highest BCUT2D eigenvalue weighted by molar-refractivity contribution is 5.79. The van der Waals surface area contributed by atoms with Crippen molar-refractivity contribution in [1.82, 2.24) is 15.0 Å². The van der Waals surface area contributed by atoms with E-state index in [9.17, 15) is 9.90 Å². The number of carboxylic acids is 1. The van der Waals surface area contributed by atoms with Crippen molar-refractivity contribution in [3.63, 3.8) is 0 Å². The molecular formula is C9H16N6O2.